The molecule has 0 bridgehead atoms. The molecule has 0 saturated heterocycles. The molecule has 1 N–H and O–H groups in total. The van der Waals surface area contributed by atoms with Gasteiger partial charge in [-0.3, -0.25) is 14.4 Å². The van der Waals surface area contributed by atoms with Crippen LogP contribution in [0.4, 0.5) is 11.4 Å². The van der Waals surface area contributed by atoms with E-state index in [1.807, 2.05) is 159 Å². The molecule has 9 rings (SSSR count). The average Bonchev–Trinajstić information content (AvgIpc) is 3.70. The molecular formula is C48H40N2O4. The lowest BCUT2D eigenvalue weighted by Crippen LogP contribution is -2.59. The standard InChI is InChI=1S/C48H40N2O4/c1-32-21-25-36(26-22-32)42(51)43-46(38-17-9-11-19-40(38)49(44(46)52)29-34-13-5-3-6-14-34)31-47(54,37-27-23-33(2)24-28-37)48(43)39-18-10-12-20-41(39)50(45(48)53)30-35-15-7-4-8-16-35/h3-28,43,54H,29-31H2,1-2H3/t43-,46-,47+,48+/m0/s1. The molecule has 1 saturated carbocycles. The number of anilines is 2. The molecule has 3 aliphatic rings. The molecule has 2 aliphatic heterocycles. The van der Waals surface area contributed by atoms with E-state index in [2.05, 4.69) is 0 Å². The van der Waals surface area contributed by atoms with Crippen molar-refractivity contribution in [1.29, 1.82) is 0 Å². The number of hydrogen-bond acceptors (Lipinski definition) is 4. The fourth-order valence-corrected chi connectivity index (χ4v) is 9.72. The maximum absolute atomic E-state index is 16.1. The second kappa shape index (κ2) is 12.5. The van der Waals surface area contributed by atoms with E-state index < -0.39 is 28.3 Å². The number of amides is 2. The lowest BCUT2D eigenvalue weighted by molar-refractivity contribution is -0.135. The van der Waals surface area contributed by atoms with Gasteiger partial charge in [0.25, 0.3) is 0 Å². The third kappa shape index (κ3) is 4.66. The minimum Gasteiger partial charge on any atom is -0.384 e. The summed E-state index contributed by atoms with van der Waals surface area (Å²) in [5.74, 6) is -2.37. The van der Waals surface area contributed by atoms with Crippen molar-refractivity contribution in [1.82, 2.24) is 0 Å². The minimum atomic E-state index is -1.99. The maximum atomic E-state index is 16.1. The van der Waals surface area contributed by atoms with Crippen molar-refractivity contribution >= 4 is 29.0 Å². The molecule has 266 valence electrons. The van der Waals surface area contributed by atoms with Crippen LogP contribution in [0.3, 0.4) is 0 Å². The summed E-state index contributed by atoms with van der Waals surface area (Å²) in [4.78, 5) is 51.2. The van der Waals surface area contributed by atoms with E-state index in [-0.39, 0.29) is 31.2 Å². The fraction of sp³-hybridized carbons (Fsp3) is 0.188. The van der Waals surface area contributed by atoms with Gasteiger partial charge in [-0.05, 0) is 53.8 Å². The quantitative estimate of drug-likeness (QED) is 0.169. The molecule has 1 aliphatic carbocycles. The monoisotopic (exact) mass is 708 g/mol. The van der Waals surface area contributed by atoms with Gasteiger partial charge in [0.1, 0.15) is 11.0 Å². The second-order valence-electron chi connectivity index (χ2n) is 15.1. The zero-order valence-electron chi connectivity index (χ0n) is 30.3. The number of ketones is 1. The number of hydrogen-bond donors (Lipinski definition) is 1. The van der Waals surface area contributed by atoms with Crippen LogP contribution in [-0.4, -0.2) is 22.7 Å². The number of rotatable bonds is 7. The number of carbonyl (C=O) groups is 3. The summed E-state index contributed by atoms with van der Waals surface area (Å²) < 4.78 is 0. The Morgan fingerprint density at radius 3 is 1.63 bits per heavy atom. The summed E-state index contributed by atoms with van der Waals surface area (Å²) in [6.45, 7) is 4.43. The van der Waals surface area contributed by atoms with Gasteiger partial charge in [0.2, 0.25) is 11.8 Å². The first-order valence-electron chi connectivity index (χ1n) is 18.5. The molecule has 2 spiro atoms. The van der Waals surface area contributed by atoms with Gasteiger partial charge in [0, 0.05) is 23.4 Å². The number of benzene rings is 6. The Labute approximate surface area is 315 Å². The van der Waals surface area contributed by atoms with Gasteiger partial charge in [-0.15, -0.1) is 0 Å². The van der Waals surface area contributed by atoms with Crippen LogP contribution < -0.4 is 9.80 Å². The largest absolute Gasteiger partial charge is 0.384 e. The first-order valence-corrected chi connectivity index (χ1v) is 18.5. The number of aliphatic hydroxyl groups is 1. The van der Waals surface area contributed by atoms with E-state index in [4.69, 9.17) is 0 Å². The van der Waals surface area contributed by atoms with Gasteiger partial charge in [-0.2, -0.15) is 0 Å². The highest BCUT2D eigenvalue weighted by atomic mass is 16.3. The molecule has 6 nitrogen and oxygen atoms in total. The van der Waals surface area contributed by atoms with Crippen LogP contribution in [-0.2, 0) is 39.1 Å². The smallest absolute Gasteiger partial charge is 0.242 e. The van der Waals surface area contributed by atoms with Crippen LogP contribution in [0.5, 0.6) is 0 Å². The van der Waals surface area contributed by atoms with E-state index in [0.29, 0.717) is 33.6 Å². The van der Waals surface area contributed by atoms with Gasteiger partial charge < -0.3 is 14.9 Å². The predicted octanol–water partition coefficient (Wildman–Crippen LogP) is 8.36. The highest BCUT2D eigenvalue weighted by Gasteiger charge is 2.82. The van der Waals surface area contributed by atoms with E-state index in [1.165, 1.54) is 0 Å². The zero-order valence-corrected chi connectivity index (χ0v) is 30.3. The molecular weight excluding hydrogens is 669 g/mol. The number of carbonyl (C=O) groups excluding carboxylic acids is 3. The molecule has 6 heteroatoms. The molecule has 4 atom stereocenters. The molecule has 0 aromatic heterocycles. The molecule has 0 radical (unpaired) electrons. The van der Waals surface area contributed by atoms with Crippen molar-refractivity contribution < 1.29 is 19.5 Å². The predicted molar refractivity (Wildman–Crippen MR) is 210 cm³/mol. The summed E-state index contributed by atoms with van der Waals surface area (Å²) in [5, 5.41) is 14.0. The first-order chi connectivity index (χ1) is 26.2. The minimum absolute atomic E-state index is 0.175. The van der Waals surface area contributed by atoms with Gasteiger partial charge in [0.05, 0.1) is 24.4 Å². The summed E-state index contributed by atoms with van der Waals surface area (Å²) in [5.41, 5.74) is 1.66. The van der Waals surface area contributed by atoms with E-state index in [0.717, 1.165) is 22.3 Å². The van der Waals surface area contributed by atoms with Crippen molar-refractivity contribution in [2.24, 2.45) is 5.92 Å². The SMILES string of the molecule is Cc1ccc(C(=O)[C@H]2[C@@]3(C[C@@](O)(c4ccc(C)cc4)[C@@]24C(=O)N(Cc2ccccc2)c2ccccc24)C(=O)N(Cc2ccccc2)c2ccccc23)cc1. The third-order valence-corrected chi connectivity index (χ3v) is 12.1. The van der Waals surface area contributed by atoms with Crippen molar-refractivity contribution in [3.63, 3.8) is 0 Å². The topological polar surface area (TPSA) is 77.9 Å². The Bertz CT molecular complexity index is 2430. The fourth-order valence-electron chi connectivity index (χ4n) is 9.72. The molecule has 2 heterocycles. The number of para-hydroxylation sites is 2. The summed E-state index contributed by atoms with van der Waals surface area (Å²) >= 11 is 0. The molecule has 2 amide bonds. The molecule has 1 fully saturated rings. The van der Waals surface area contributed by atoms with Crippen molar-refractivity contribution in [2.45, 2.75) is 49.8 Å². The highest BCUT2D eigenvalue weighted by Crippen LogP contribution is 2.71. The Hall–Kier alpha value is -6.11. The van der Waals surface area contributed by atoms with Crippen LogP contribution in [0.2, 0.25) is 0 Å². The Morgan fingerprint density at radius 1 is 0.593 bits per heavy atom. The summed E-state index contributed by atoms with van der Waals surface area (Å²) in [6.07, 6.45) is -0.175. The van der Waals surface area contributed by atoms with Gasteiger partial charge in [0.15, 0.2) is 5.78 Å². The lowest BCUT2D eigenvalue weighted by Gasteiger charge is -2.42. The molecule has 0 unspecified atom stereocenters. The van der Waals surface area contributed by atoms with Crippen LogP contribution in [0.25, 0.3) is 0 Å². The number of fused-ring (bicyclic) bond motifs is 4. The van der Waals surface area contributed by atoms with Crippen molar-refractivity contribution in [3.8, 4) is 0 Å². The second-order valence-corrected chi connectivity index (χ2v) is 15.1. The Morgan fingerprint density at radius 2 is 1.06 bits per heavy atom. The number of nitrogens with zero attached hydrogens (tertiary/aromatic N) is 2. The Kier molecular flexibility index (Phi) is 7.80. The average molecular weight is 709 g/mol. The normalized spacial score (nSPS) is 24.0. The summed E-state index contributed by atoms with van der Waals surface area (Å²) in [7, 11) is 0. The van der Waals surface area contributed by atoms with Gasteiger partial charge in [-0.25, -0.2) is 0 Å². The first kappa shape index (κ1) is 33.7. The zero-order chi connectivity index (χ0) is 37.2. The lowest BCUT2D eigenvalue weighted by atomic mass is 9.58. The van der Waals surface area contributed by atoms with Gasteiger partial charge in [-0.1, -0.05) is 157 Å². The van der Waals surface area contributed by atoms with Crippen LogP contribution >= 0.6 is 0 Å². The number of aryl methyl sites for hydroxylation is 2. The van der Waals surface area contributed by atoms with E-state index in [9.17, 15) is 5.11 Å². The molecule has 6 aromatic carbocycles. The van der Waals surface area contributed by atoms with Crippen molar-refractivity contribution in [3.05, 3.63) is 202 Å². The van der Waals surface area contributed by atoms with E-state index >= 15 is 14.4 Å². The van der Waals surface area contributed by atoms with Crippen LogP contribution in [0, 0.1) is 19.8 Å². The maximum Gasteiger partial charge on any atom is 0.242 e. The molecule has 54 heavy (non-hydrogen) atoms. The van der Waals surface area contributed by atoms with Gasteiger partial charge >= 0.3 is 0 Å². The molecule has 6 aromatic rings. The van der Waals surface area contributed by atoms with E-state index in [1.54, 1.807) is 21.9 Å². The van der Waals surface area contributed by atoms with Crippen LogP contribution in [0.15, 0.2) is 158 Å². The van der Waals surface area contributed by atoms with Crippen LogP contribution in [0.1, 0.15) is 55.7 Å². The highest BCUT2D eigenvalue weighted by molar-refractivity contribution is 6.20. The number of Topliss-reactive ketones (excluding diaryl/α,β-unsaturated/α-hetero) is 1. The third-order valence-electron chi connectivity index (χ3n) is 12.1. The summed E-state index contributed by atoms with van der Waals surface area (Å²) in [6, 6.07) is 49.5. The van der Waals surface area contributed by atoms with Crippen molar-refractivity contribution in [2.75, 3.05) is 9.80 Å². The Balaban J connectivity index is 1.37.